The van der Waals surface area contributed by atoms with E-state index in [0.717, 1.165) is 22.3 Å². The molecule has 2 aromatic carbocycles. The fourth-order valence-electron chi connectivity index (χ4n) is 3.11. The van der Waals surface area contributed by atoms with Crippen LogP contribution in [0.15, 0.2) is 48.5 Å². The number of hydrogen-bond acceptors (Lipinski definition) is 2. The van der Waals surface area contributed by atoms with E-state index in [-0.39, 0.29) is 17.9 Å². The van der Waals surface area contributed by atoms with E-state index < -0.39 is 6.04 Å². The molecule has 124 valence electrons. The van der Waals surface area contributed by atoms with E-state index in [0.29, 0.717) is 12.8 Å². The molecule has 0 aromatic heterocycles. The van der Waals surface area contributed by atoms with Crippen LogP contribution < -0.4 is 10.6 Å². The number of carbonyl (C=O) groups excluding carboxylic acids is 2. The van der Waals surface area contributed by atoms with Crippen LogP contribution in [0.4, 0.5) is 0 Å². The van der Waals surface area contributed by atoms with Gasteiger partial charge in [0.05, 0.1) is 6.04 Å². The standard InChI is InChI=1S/C20H22N2O2/c1-13-5-3-7-15(11-13)19(16-8-4-6-14(2)12-16)22-20(24)17-9-10-18(23)21-17/h3-8,11-12,17,19H,9-10H2,1-2H3,(H,21,23)(H,22,24)/t17-/m0/s1. The van der Waals surface area contributed by atoms with Gasteiger partial charge >= 0.3 is 0 Å². The number of carbonyl (C=O) groups is 2. The zero-order valence-corrected chi connectivity index (χ0v) is 14.0. The Kier molecular flexibility index (Phi) is 4.65. The molecule has 3 rings (SSSR count). The van der Waals surface area contributed by atoms with Crippen molar-refractivity contribution in [2.24, 2.45) is 0 Å². The first-order chi connectivity index (χ1) is 11.5. The van der Waals surface area contributed by atoms with Crippen LogP contribution in [-0.2, 0) is 9.59 Å². The normalized spacial score (nSPS) is 17.0. The lowest BCUT2D eigenvalue weighted by atomic mass is 9.95. The van der Waals surface area contributed by atoms with Crippen molar-refractivity contribution < 1.29 is 9.59 Å². The highest BCUT2D eigenvalue weighted by Crippen LogP contribution is 2.24. The van der Waals surface area contributed by atoms with E-state index in [4.69, 9.17) is 0 Å². The third-order valence-electron chi connectivity index (χ3n) is 4.35. The van der Waals surface area contributed by atoms with Crippen molar-refractivity contribution in [1.82, 2.24) is 10.6 Å². The second-order valence-electron chi connectivity index (χ2n) is 6.43. The van der Waals surface area contributed by atoms with E-state index >= 15 is 0 Å². The maximum atomic E-state index is 12.6. The summed E-state index contributed by atoms with van der Waals surface area (Å²) in [4.78, 5) is 24.0. The van der Waals surface area contributed by atoms with Gasteiger partial charge in [0.1, 0.15) is 6.04 Å². The second-order valence-corrected chi connectivity index (χ2v) is 6.43. The van der Waals surface area contributed by atoms with Gasteiger partial charge in [-0.3, -0.25) is 9.59 Å². The minimum Gasteiger partial charge on any atom is -0.344 e. The van der Waals surface area contributed by atoms with Gasteiger partial charge in [-0.05, 0) is 31.4 Å². The summed E-state index contributed by atoms with van der Waals surface area (Å²) >= 11 is 0. The quantitative estimate of drug-likeness (QED) is 0.909. The molecular weight excluding hydrogens is 300 g/mol. The predicted molar refractivity (Wildman–Crippen MR) is 93.5 cm³/mol. The van der Waals surface area contributed by atoms with Gasteiger partial charge in [-0.2, -0.15) is 0 Å². The Morgan fingerprint density at radius 1 is 1.08 bits per heavy atom. The lowest BCUT2D eigenvalue weighted by molar-refractivity contribution is -0.126. The number of aryl methyl sites for hydroxylation is 2. The van der Waals surface area contributed by atoms with Gasteiger partial charge in [0.2, 0.25) is 11.8 Å². The van der Waals surface area contributed by atoms with Gasteiger partial charge in [-0.25, -0.2) is 0 Å². The van der Waals surface area contributed by atoms with Crippen molar-refractivity contribution in [2.45, 2.75) is 38.8 Å². The molecule has 0 bridgehead atoms. The molecule has 4 nitrogen and oxygen atoms in total. The van der Waals surface area contributed by atoms with Gasteiger partial charge in [0.25, 0.3) is 0 Å². The molecule has 1 heterocycles. The second kappa shape index (κ2) is 6.87. The van der Waals surface area contributed by atoms with Crippen molar-refractivity contribution in [3.05, 3.63) is 70.8 Å². The van der Waals surface area contributed by atoms with Gasteiger partial charge in [0, 0.05) is 6.42 Å². The summed E-state index contributed by atoms with van der Waals surface area (Å²) in [6.45, 7) is 4.08. The van der Waals surface area contributed by atoms with Gasteiger partial charge < -0.3 is 10.6 Å². The SMILES string of the molecule is Cc1cccc(C(NC(=O)[C@@H]2CCC(=O)N2)c2cccc(C)c2)c1. The first-order valence-electron chi connectivity index (χ1n) is 8.26. The Labute approximate surface area is 142 Å². The molecule has 4 heteroatoms. The Bertz CT molecular complexity index is 724. The molecule has 1 atom stereocenters. The first kappa shape index (κ1) is 16.2. The molecule has 1 aliphatic rings. The van der Waals surface area contributed by atoms with E-state index in [1.54, 1.807) is 0 Å². The molecule has 0 saturated carbocycles. The zero-order valence-electron chi connectivity index (χ0n) is 14.0. The number of nitrogens with one attached hydrogen (secondary N) is 2. The fraction of sp³-hybridized carbons (Fsp3) is 0.300. The average Bonchev–Trinajstić information content (AvgIpc) is 2.99. The maximum Gasteiger partial charge on any atom is 0.243 e. The number of rotatable bonds is 4. The van der Waals surface area contributed by atoms with E-state index in [9.17, 15) is 9.59 Å². The smallest absolute Gasteiger partial charge is 0.243 e. The molecule has 2 aromatic rings. The topological polar surface area (TPSA) is 58.2 Å². The number of amides is 2. The van der Waals surface area contributed by atoms with Crippen LogP contribution in [0.25, 0.3) is 0 Å². The monoisotopic (exact) mass is 322 g/mol. The van der Waals surface area contributed by atoms with Crippen LogP contribution in [-0.4, -0.2) is 17.9 Å². The predicted octanol–water partition coefficient (Wildman–Crippen LogP) is 2.79. The van der Waals surface area contributed by atoms with Crippen molar-refractivity contribution >= 4 is 11.8 Å². The molecule has 2 N–H and O–H groups in total. The lowest BCUT2D eigenvalue weighted by Gasteiger charge is -2.22. The highest BCUT2D eigenvalue weighted by Gasteiger charge is 2.29. The highest BCUT2D eigenvalue weighted by atomic mass is 16.2. The van der Waals surface area contributed by atoms with Gasteiger partial charge in [0.15, 0.2) is 0 Å². The Morgan fingerprint density at radius 3 is 2.12 bits per heavy atom. The first-order valence-corrected chi connectivity index (χ1v) is 8.26. The molecule has 24 heavy (non-hydrogen) atoms. The van der Waals surface area contributed by atoms with Gasteiger partial charge in [-0.15, -0.1) is 0 Å². The third-order valence-corrected chi connectivity index (χ3v) is 4.35. The van der Waals surface area contributed by atoms with Crippen molar-refractivity contribution in [3.63, 3.8) is 0 Å². The molecule has 0 spiro atoms. The summed E-state index contributed by atoms with van der Waals surface area (Å²) in [7, 11) is 0. The summed E-state index contributed by atoms with van der Waals surface area (Å²) in [5.41, 5.74) is 4.37. The summed E-state index contributed by atoms with van der Waals surface area (Å²) < 4.78 is 0. The fourth-order valence-corrected chi connectivity index (χ4v) is 3.11. The summed E-state index contributed by atoms with van der Waals surface area (Å²) in [5.74, 6) is -0.188. The lowest BCUT2D eigenvalue weighted by Crippen LogP contribution is -2.43. The molecule has 1 aliphatic heterocycles. The summed E-state index contributed by atoms with van der Waals surface area (Å²) in [5, 5.41) is 5.85. The van der Waals surface area contributed by atoms with Crippen molar-refractivity contribution in [1.29, 1.82) is 0 Å². The molecular formula is C20H22N2O2. The molecule has 1 saturated heterocycles. The Morgan fingerprint density at radius 2 is 1.67 bits per heavy atom. The Hall–Kier alpha value is -2.62. The van der Waals surface area contributed by atoms with Crippen molar-refractivity contribution in [2.75, 3.05) is 0 Å². The minimum atomic E-state index is -0.436. The van der Waals surface area contributed by atoms with Gasteiger partial charge in [-0.1, -0.05) is 59.7 Å². The van der Waals surface area contributed by atoms with Crippen LogP contribution in [0.2, 0.25) is 0 Å². The number of hydrogen-bond donors (Lipinski definition) is 2. The highest BCUT2D eigenvalue weighted by molar-refractivity contribution is 5.91. The van der Waals surface area contributed by atoms with E-state index in [1.165, 1.54) is 0 Å². The molecule has 0 aliphatic carbocycles. The van der Waals surface area contributed by atoms with Crippen LogP contribution in [0.1, 0.15) is 41.1 Å². The largest absolute Gasteiger partial charge is 0.344 e. The third kappa shape index (κ3) is 3.65. The average molecular weight is 322 g/mol. The maximum absolute atomic E-state index is 12.6. The Balaban J connectivity index is 1.90. The van der Waals surface area contributed by atoms with E-state index in [2.05, 4.69) is 22.8 Å². The van der Waals surface area contributed by atoms with Crippen LogP contribution in [0.3, 0.4) is 0 Å². The zero-order chi connectivity index (χ0) is 17.1. The van der Waals surface area contributed by atoms with Crippen LogP contribution in [0, 0.1) is 13.8 Å². The summed E-state index contributed by atoms with van der Waals surface area (Å²) in [6, 6.07) is 15.6. The molecule has 0 radical (unpaired) electrons. The summed E-state index contributed by atoms with van der Waals surface area (Å²) in [6.07, 6.45) is 0.969. The van der Waals surface area contributed by atoms with E-state index in [1.807, 2.05) is 50.2 Å². The number of benzene rings is 2. The van der Waals surface area contributed by atoms with Crippen LogP contribution >= 0.6 is 0 Å². The molecule has 2 amide bonds. The van der Waals surface area contributed by atoms with Crippen LogP contribution in [0.5, 0.6) is 0 Å². The molecule has 0 unspecified atom stereocenters. The van der Waals surface area contributed by atoms with Crippen molar-refractivity contribution in [3.8, 4) is 0 Å². The minimum absolute atomic E-state index is 0.0576. The molecule has 1 fully saturated rings.